The molecule has 1 saturated carbocycles. The van der Waals surface area contributed by atoms with Crippen molar-refractivity contribution in [2.75, 3.05) is 32.7 Å². The average molecular weight is 433 g/mol. The van der Waals surface area contributed by atoms with Crippen molar-refractivity contribution >= 4 is 35.1 Å². The number of thiophene rings is 1. The van der Waals surface area contributed by atoms with Gasteiger partial charge < -0.3 is 15.1 Å². The SMILES string of the molecule is O=C(CN1C(=O)NC2(CCCCCCC2)C1=O)N1CCN(C(=O)c2cccs2)CC1. The van der Waals surface area contributed by atoms with Crippen LogP contribution in [0.4, 0.5) is 4.79 Å². The second-order valence-electron chi connectivity index (χ2n) is 8.32. The monoisotopic (exact) mass is 432 g/mol. The minimum Gasteiger partial charge on any atom is -0.338 e. The fourth-order valence-corrected chi connectivity index (χ4v) is 5.31. The molecule has 0 atom stereocenters. The molecule has 9 heteroatoms. The Morgan fingerprint density at radius 2 is 1.60 bits per heavy atom. The number of carbonyl (C=O) groups is 4. The number of piperazine rings is 1. The predicted molar refractivity (Wildman–Crippen MR) is 112 cm³/mol. The van der Waals surface area contributed by atoms with Crippen molar-refractivity contribution in [3.05, 3.63) is 22.4 Å². The van der Waals surface area contributed by atoms with E-state index >= 15 is 0 Å². The van der Waals surface area contributed by atoms with Crippen molar-refractivity contribution in [1.29, 1.82) is 0 Å². The van der Waals surface area contributed by atoms with Gasteiger partial charge in [0.1, 0.15) is 12.1 Å². The summed E-state index contributed by atoms with van der Waals surface area (Å²) in [6, 6.07) is 3.19. The molecule has 3 heterocycles. The van der Waals surface area contributed by atoms with Crippen LogP contribution in [0.2, 0.25) is 0 Å². The highest BCUT2D eigenvalue weighted by Gasteiger charge is 2.51. The predicted octanol–water partition coefficient (Wildman–Crippen LogP) is 2.07. The van der Waals surface area contributed by atoms with Crippen molar-refractivity contribution in [2.24, 2.45) is 0 Å². The van der Waals surface area contributed by atoms with E-state index in [9.17, 15) is 19.2 Å². The van der Waals surface area contributed by atoms with Gasteiger partial charge in [-0.15, -0.1) is 11.3 Å². The minimum absolute atomic E-state index is 0.0163. The molecule has 8 nitrogen and oxygen atoms in total. The van der Waals surface area contributed by atoms with E-state index in [0.717, 1.165) is 30.6 Å². The van der Waals surface area contributed by atoms with Gasteiger partial charge in [-0.2, -0.15) is 0 Å². The second kappa shape index (κ2) is 8.75. The Morgan fingerprint density at radius 1 is 0.967 bits per heavy atom. The number of carbonyl (C=O) groups excluding carboxylic acids is 4. The molecule has 30 heavy (non-hydrogen) atoms. The molecule has 4 rings (SSSR count). The highest BCUT2D eigenvalue weighted by Crippen LogP contribution is 2.32. The molecule has 1 aliphatic carbocycles. The van der Waals surface area contributed by atoms with Crippen LogP contribution in [-0.4, -0.2) is 76.7 Å². The molecule has 3 fully saturated rings. The van der Waals surface area contributed by atoms with E-state index in [0.29, 0.717) is 43.9 Å². The first-order valence-corrected chi connectivity index (χ1v) is 11.6. The Morgan fingerprint density at radius 3 is 2.23 bits per heavy atom. The molecule has 5 amide bonds. The van der Waals surface area contributed by atoms with Gasteiger partial charge in [-0.25, -0.2) is 4.79 Å². The number of urea groups is 1. The molecule has 162 valence electrons. The maximum Gasteiger partial charge on any atom is 0.325 e. The molecular weight excluding hydrogens is 404 g/mol. The van der Waals surface area contributed by atoms with Crippen molar-refractivity contribution in [2.45, 2.75) is 50.5 Å². The first-order valence-electron chi connectivity index (χ1n) is 10.7. The van der Waals surface area contributed by atoms with Crippen LogP contribution >= 0.6 is 11.3 Å². The molecule has 2 aliphatic heterocycles. The Bertz CT molecular complexity index is 809. The van der Waals surface area contributed by atoms with Crippen LogP contribution < -0.4 is 5.32 Å². The molecule has 1 spiro atoms. The standard InChI is InChI=1S/C21H28N4O4S/c26-17(23-10-12-24(13-11-23)18(27)16-7-6-14-30-16)15-25-19(28)21(22-20(25)29)8-4-2-1-3-5-9-21/h6-7,14H,1-5,8-13,15H2,(H,22,29). The molecule has 3 aliphatic rings. The van der Waals surface area contributed by atoms with Crippen molar-refractivity contribution in [1.82, 2.24) is 20.0 Å². The van der Waals surface area contributed by atoms with E-state index in [1.54, 1.807) is 15.9 Å². The molecule has 1 aromatic heterocycles. The summed E-state index contributed by atoms with van der Waals surface area (Å²) in [5.74, 6) is -0.517. The summed E-state index contributed by atoms with van der Waals surface area (Å²) in [6.45, 7) is 1.49. The maximum absolute atomic E-state index is 13.1. The smallest absolute Gasteiger partial charge is 0.325 e. The second-order valence-corrected chi connectivity index (χ2v) is 9.27. The van der Waals surface area contributed by atoms with Crippen LogP contribution in [0.15, 0.2) is 17.5 Å². The third kappa shape index (κ3) is 4.08. The lowest BCUT2D eigenvalue weighted by molar-refractivity contribution is -0.140. The number of imide groups is 1. The lowest BCUT2D eigenvalue weighted by atomic mass is 9.84. The summed E-state index contributed by atoms with van der Waals surface area (Å²) in [7, 11) is 0. The van der Waals surface area contributed by atoms with Gasteiger partial charge in [0.25, 0.3) is 11.8 Å². The summed E-state index contributed by atoms with van der Waals surface area (Å²) >= 11 is 1.41. The Labute approximate surface area is 180 Å². The van der Waals surface area contributed by atoms with Crippen molar-refractivity contribution in [3.63, 3.8) is 0 Å². The van der Waals surface area contributed by atoms with Crippen LogP contribution in [0.1, 0.15) is 54.6 Å². The van der Waals surface area contributed by atoms with Crippen LogP contribution in [0, 0.1) is 0 Å². The van der Waals surface area contributed by atoms with E-state index in [1.807, 2.05) is 11.4 Å². The van der Waals surface area contributed by atoms with E-state index in [-0.39, 0.29) is 24.3 Å². The van der Waals surface area contributed by atoms with Gasteiger partial charge in [0.15, 0.2) is 0 Å². The molecule has 0 unspecified atom stereocenters. The fourth-order valence-electron chi connectivity index (χ4n) is 4.62. The van der Waals surface area contributed by atoms with Crippen molar-refractivity contribution < 1.29 is 19.2 Å². The van der Waals surface area contributed by atoms with Gasteiger partial charge in [-0.3, -0.25) is 19.3 Å². The molecule has 1 aromatic rings. The minimum atomic E-state index is -0.830. The highest BCUT2D eigenvalue weighted by molar-refractivity contribution is 7.12. The lowest BCUT2D eigenvalue weighted by Gasteiger charge is -2.35. The Kier molecular flexibility index (Phi) is 6.08. The van der Waals surface area contributed by atoms with E-state index in [4.69, 9.17) is 0 Å². The number of hydrogen-bond donors (Lipinski definition) is 1. The molecule has 2 saturated heterocycles. The number of nitrogens with one attached hydrogen (secondary N) is 1. The highest BCUT2D eigenvalue weighted by atomic mass is 32.1. The molecule has 0 radical (unpaired) electrons. The zero-order valence-corrected chi connectivity index (χ0v) is 17.9. The number of amides is 5. The molecule has 0 bridgehead atoms. The first-order chi connectivity index (χ1) is 14.5. The Hall–Kier alpha value is -2.42. The summed E-state index contributed by atoms with van der Waals surface area (Å²) in [6.07, 6.45) is 6.41. The van der Waals surface area contributed by atoms with Crippen LogP contribution in [0.25, 0.3) is 0 Å². The lowest BCUT2D eigenvalue weighted by Crippen LogP contribution is -2.53. The molecular formula is C21H28N4O4S. The zero-order chi connectivity index (χ0) is 21.1. The van der Waals surface area contributed by atoms with Gasteiger partial charge in [0.2, 0.25) is 5.91 Å². The number of nitrogens with zero attached hydrogens (tertiary/aromatic N) is 3. The summed E-state index contributed by atoms with van der Waals surface area (Å²) in [5, 5.41) is 4.77. The van der Waals surface area contributed by atoms with E-state index < -0.39 is 11.6 Å². The van der Waals surface area contributed by atoms with Crippen LogP contribution in [-0.2, 0) is 9.59 Å². The van der Waals surface area contributed by atoms with Gasteiger partial charge >= 0.3 is 6.03 Å². The summed E-state index contributed by atoms with van der Waals surface area (Å²) < 4.78 is 0. The van der Waals surface area contributed by atoms with Gasteiger partial charge in [0, 0.05) is 26.2 Å². The van der Waals surface area contributed by atoms with Crippen LogP contribution in [0.3, 0.4) is 0 Å². The van der Waals surface area contributed by atoms with Gasteiger partial charge in [-0.05, 0) is 24.3 Å². The molecule has 1 N–H and O–H groups in total. The third-order valence-corrected chi connectivity index (χ3v) is 7.26. The number of rotatable bonds is 3. The fraction of sp³-hybridized carbons (Fsp3) is 0.619. The topological polar surface area (TPSA) is 90.0 Å². The normalized spacial score (nSPS) is 22.1. The Balaban J connectivity index is 1.33. The molecule has 0 aromatic carbocycles. The summed E-state index contributed by atoms with van der Waals surface area (Å²) in [5.41, 5.74) is -0.830. The van der Waals surface area contributed by atoms with Crippen LogP contribution in [0.5, 0.6) is 0 Å². The van der Waals surface area contributed by atoms with E-state index in [1.165, 1.54) is 17.8 Å². The quantitative estimate of drug-likeness (QED) is 0.741. The van der Waals surface area contributed by atoms with Crippen molar-refractivity contribution in [3.8, 4) is 0 Å². The van der Waals surface area contributed by atoms with Gasteiger partial charge in [-0.1, -0.05) is 38.2 Å². The van der Waals surface area contributed by atoms with Gasteiger partial charge in [0.05, 0.1) is 4.88 Å². The summed E-state index contributed by atoms with van der Waals surface area (Å²) in [4.78, 5) is 56.0. The van der Waals surface area contributed by atoms with E-state index in [2.05, 4.69) is 5.32 Å². The number of hydrogen-bond acceptors (Lipinski definition) is 5. The third-order valence-electron chi connectivity index (χ3n) is 6.40. The maximum atomic E-state index is 13.1. The largest absolute Gasteiger partial charge is 0.338 e. The zero-order valence-electron chi connectivity index (χ0n) is 17.1. The average Bonchev–Trinajstić information content (AvgIpc) is 3.34. The first kappa shape index (κ1) is 20.8.